The van der Waals surface area contributed by atoms with E-state index >= 15 is 0 Å². The predicted molar refractivity (Wildman–Crippen MR) is 90.6 cm³/mol. The van der Waals surface area contributed by atoms with E-state index in [4.69, 9.17) is 0 Å². The molecule has 0 spiro atoms. The van der Waals surface area contributed by atoms with E-state index in [1.54, 1.807) is 12.1 Å². The summed E-state index contributed by atoms with van der Waals surface area (Å²) in [4.78, 5) is 4.43. The molecule has 1 heterocycles. The van der Waals surface area contributed by atoms with E-state index < -0.39 is 10.0 Å². The summed E-state index contributed by atoms with van der Waals surface area (Å²) in [5, 5.41) is 3.27. The van der Waals surface area contributed by atoms with Gasteiger partial charge in [-0.2, -0.15) is 0 Å². The summed E-state index contributed by atoms with van der Waals surface area (Å²) < 4.78 is 26.9. The highest BCUT2D eigenvalue weighted by molar-refractivity contribution is 7.89. The SMILES string of the molecule is C[C@@H](Nc1ccc(S(=O)(=O)NCC2CC2)cn1)c1ccccc1. The van der Waals surface area contributed by atoms with E-state index in [0.29, 0.717) is 18.3 Å². The van der Waals surface area contributed by atoms with Gasteiger partial charge in [0.25, 0.3) is 0 Å². The van der Waals surface area contributed by atoms with Gasteiger partial charge in [0, 0.05) is 18.8 Å². The van der Waals surface area contributed by atoms with Gasteiger partial charge in [-0.15, -0.1) is 0 Å². The minimum Gasteiger partial charge on any atom is -0.364 e. The highest BCUT2D eigenvalue weighted by atomic mass is 32.2. The van der Waals surface area contributed by atoms with Crippen LogP contribution in [0, 0.1) is 5.92 Å². The minimum atomic E-state index is -3.45. The van der Waals surface area contributed by atoms with Crippen molar-refractivity contribution in [3.8, 4) is 0 Å². The Balaban J connectivity index is 1.64. The van der Waals surface area contributed by atoms with Gasteiger partial charge in [0.05, 0.1) is 0 Å². The number of hydrogen-bond acceptors (Lipinski definition) is 4. The molecule has 1 atom stereocenters. The highest BCUT2D eigenvalue weighted by Gasteiger charge is 2.24. The molecular formula is C17H21N3O2S. The molecule has 0 aliphatic heterocycles. The van der Waals surface area contributed by atoms with Crippen LogP contribution in [-0.2, 0) is 10.0 Å². The Morgan fingerprint density at radius 2 is 1.91 bits per heavy atom. The van der Waals surface area contributed by atoms with Crippen LogP contribution in [-0.4, -0.2) is 19.9 Å². The Kier molecular flexibility index (Phi) is 4.63. The number of rotatable bonds is 7. The fourth-order valence-electron chi connectivity index (χ4n) is 2.30. The van der Waals surface area contributed by atoms with Gasteiger partial charge in [-0.3, -0.25) is 0 Å². The van der Waals surface area contributed by atoms with Crippen molar-refractivity contribution in [2.45, 2.75) is 30.7 Å². The number of nitrogens with zero attached hydrogens (tertiary/aromatic N) is 1. The maximum absolute atomic E-state index is 12.1. The van der Waals surface area contributed by atoms with E-state index in [0.717, 1.165) is 18.4 Å². The standard InChI is InChI=1S/C17H21N3O2S/c1-13(15-5-3-2-4-6-15)20-17-10-9-16(12-18-17)23(21,22)19-11-14-7-8-14/h2-6,9-10,12-14,19H,7-8,11H2,1H3,(H,18,20)/t13-/m1/s1. The first-order chi connectivity index (χ1) is 11.0. The maximum Gasteiger partial charge on any atom is 0.242 e. The molecule has 0 saturated heterocycles. The number of nitrogens with one attached hydrogen (secondary N) is 2. The molecule has 122 valence electrons. The van der Waals surface area contributed by atoms with Crippen LogP contribution < -0.4 is 10.0 Å². The molecule has 1 aliphatic rings. The summed E-state index contributed by atoms with van der Waals surface area (Å²) in [5.41, 5.74) is 1.15. The first kappa shape index (κ1) is 16.0. The first-order valence-electron chi connectivity index (χ1n) is 7.82. The average Bonchev–Trinajstić information content (AvgIpc) is 3.39. The van der Waals surface area contributed by atoms with Crippen LogP contribution in [0.5, 0.6) is 0 Å². The van der Waals surface area contributed by atoms with Gasteiger partial charge in [-0.1, -0.05) is 30.3 Å². The predicted octanol–water partition coefficient (Wildman–Crippen LogP) is 2.94. The van der Waals surface area contributed by atoms with Gasteiger partial charge in [0.2, 0.25) is 10.0 Å². The lowest BCUT2D eigenvalue weighted by atomic mass is 10.1. The normalized spacial score (nSPS) is 16.0. The Morgan fingerprint density at radius 1 is 1.17 bits per heavy atom. The Morgan fingerprint density at radius 3 is 2.52 bits per heavy atom. The van der Waals surface area contributed by atoms with Crippen molar-refractivity contribution in [1.29, 1.82) is 0 Å². The van der Waals surface area contributed by atoms with Crippen molar-refractivity contribution in [2.24, 2.45) is 5.92 Å². The van der Waals surface area contributed by atoms with Crippen molar-refractivity contribution in [1.82, 2.24) is 9.71 Å². The van der Waals surface area contributed by atoms with E-state index in [-0.39, 0.29) is 10.9 Å². The van der Waals surface area contributed by atoms with Crippen LogP contribution >= 0.6 is 0 Å². The Labute approximate surface area is 137 Å². The van der Waals surface area contributed by atoms with Gasteiger partial charge in [0.15, 0.2) is 0 Å². The van der Waals surface area contributed by atoms with E-state index in [2.05, 4.69) is 15.0 Å². The second-order valence-electron chi connectivity index (χ2n) is 5.95. The van der Waals surface area contributed by atoms with Crippen molar-refractivity contribution in [3.63, 3.8) is 0 Å². The van der Waals surface area contributed by atoms with E-state index in [1.165, 1.54) is 6.20 Å². The molecule has 1 fully saturated rings. The van der Waals surface area contributed by atoms with Crippen molar-refractivity contribution < 1.29 is 8.42 Å². The maximum atomic E-state index is 12.1. The zero-order valence-electron chi connectivity index (χ0n) is 13.1. The van der Waals surface area contributed by atoms with E-state index in [1.807, 2.05) is 37.3 Å². The lowest BCUT2D eigenvalue weighted by Gasteiger charge is -2.15. The van der Waals surface area contributed by atoms with Crippen LogP contribution in [0.1, 0.15) is 31.4 Å². The monoisotopic (exact) mass is 331 g/mol. The highest BCUT2D eigenvalue weighted by Crippen LogP contribution is 2.28. The third-order valence-electron chi connectivity index (χ3n) is 3.97. The average molecular weight is 331 g/mol. The zero-order chi connectivity index (χ0) is 16.3. The molecule has 1 aromatic heterocycles. The smallest absolute Gasteiger partial charge is 0.242 e. The minimum absolute atomic E-state index is 0.0964. The number of benzene rings is 1. The van der Waals surface area contributed by atoms with Crippen molar-refractivity contribution >= 4 is 15.8 Å². The molecule has 1 aromatic carbocycles. The van der Waals surface area contributed by atoms with Crippen LogP contribution in [0.15, 0.2) is 53.6 Å². The van der Waals surface area contributed by atoms with Crippen LogP contribution in [0.4, 0.5) is 5.82 Å². The molecule has 0 radical (unpaired) electrons. The molecule has 0 amide bonds. The lowest BCUT2D eigenvalue weighted by molar-refractivity contribution is 0.577. The third kappa shape index (κ3) is 4.30. The first-order valence-corrected chi connectivity index (χ1v) is 9.30. The van der Waals surface area contributed by atoms with Gasteiger partial charge in [-0.05, 0) is 43.4 Å². The lowest BCUT2D eigenvalue weighted by Crippen LogP contribution is -2.26. The number of anilines is 1. The molecule has 23 heavy (non-hydrogen) atoms. The second-order valence-corrected chi connectivity index (χ2v) is 7.72. The number of sulfonamides is 1. The Bertz CT molecular complexity index is 741. The molecule has 2 N–H and O–H groups in total. The molecule has 0 bridgehead atoms. The van der Waals surface area contributed by atoms with Crippen LogP contribution in [0.25, 0.3) is 0 Å². The van der Waals surface area contributed by atoms with Crippen molar-refractivity contribution in [3.05, 3.63) is 54.2 Å². The topological polar surface area (TPSA) is 71.1 Å². The van der Waals surface area contributed by atoms with Gasteiger partial charge >= 0.3 is 0 Å². The fourth-order valence-corrected chi connectivity index (χ4v) is 3.36. The fraction of sp³-hybridized carbons (Fsp3) is 0.353. The summed E-state index contributed by atoms with van der Waals surface area (Å²) in [6, 6.07) is 13.4. The molecule has 5 nitrogen and oxygen atoms in total. The summed E-state index contributed by atoms with van der Waals surface area (Å²) in [5.74, 6) is 1.16. The molecule has 0 unspecified atom stereocenters. The largest absolute Gasteiger partial charge is 0.364 e. The molecule has 2 aromatic rings. The van der Waals surface area contributed by atoms with Gasteiger partial charge in [-0.25, -0.2) is 18.1 Å². The summed E-state index contributed by atoms with van der Waals surface area (Å²) in [6.07, 6.45) is 3.62. The quantitative estimate of drug-likeness (QED) is 0.818. The summed E-state index contributed by atoms with van der Waals surface area (Å²) in [7, 11) is -3.45. The molecule has 1 saturated carbocycles. The van der Waals surface area contributed by atoms with Gasteiger partial charge in [0.1, 0.15) is 10.7 Å². The zero-order valence-corrected chi connectivity index (χ0v) is 13.9. The number of pyridine rings is 1. The van der Waals surface area contributed by atoms with Crippen LogP contribution in [0.2, 0.25) is 0 Å². The van der Waals surface area contributed by atoms with Crippen LogP contribution in [0.3, 0.4) is 0 Å². The number of hydrogen-bond donors (Lipinski definition) is 2. The Hall–Kier alpha value is -1.92. The second kappa shape index (κ2) is 6.68. The molecule has 1 aliphatic carbocycles. The summed E-state index contributed by atoms with van der Waals surface area (Å²) in [6.45, 7) is 2.56. The van der Waals surface area contributed by atoms with E-state index in [9.17, 15) is 8.42 Å². The third-order valence-corrected chi connectivity index (χ3v) is 5.38. The molecular weight excluding hydrogens is 310 g/mol. The molecule has 3 rings (SSSR count). The van der Waals surface area contributed by atoms with Crippen molar-refractivity contribution in [2.75, 3.05) is 11.9 Å². The van der Waals surface area contributed by atoms with Gasteiger partial charge < -0.3 is 5.32 Å². The molecule has 6 heteroatoms. The summed E-state index contributed by atoms with van der Waals surface area (Å²) >= 11 is 0. The number of aromatic nitrogens is 1.